The Morgan fingerprint density at radius 2 is 1.31 bits per heavy atom. The molecule has 0 radical (unpaired) electrons. The third-order valence-electron chi connectivity index (χ3n) is 4.61. The van der Waals surface area contributed by atoms with Crippen LogP contribution in [0.5, 0.6) is 0 Å². The van der Waals surface area contributed by atoms with Crippen LogP contribution >= 0.6 is 11.3 Å². The molecule has 1 amide bonds. The van der Waals surface area contributed by atoms with Crippen molar-refractivity contribution in [2.75, 3.05) is 10.0 Å². The summed E-state index contributed by atoms with van der Waals surface area (Å²) in [5, 5.41) is 4.38. The van der Waals surface area contributed by atoms with Gasteiger partial charge in [-0.1, -0.05) is 48.5 Å². The Labute approximate surface area is 189 Å². The van der Waals surface area contributed by atoms with E-state index in [-0.39, 0.29) is 21.2 Å². The van der Waals surface area contributed by atoms with E-state index >= 15 is 0 Å². The van der Waals surface area contributed by atoms with Crippen LogP contribution in [-0.2, 0) is 10.0 Å². The van der Waals surface area contributed by atoms with Crippen molar-refractivity contribution in [3.05, 3.63) is 112 Å². The lowest BCUT2D eigenvalue weighted by Gasteiger charge is -2.10. The molecule has 3 aromatic carbocycles. The highest BCUT2D eigenvalue weighted by atomic mass is 32.2. The zero-order chi connectivity index (χ0) is 22.6. The quantitative estimate of drug-likeness (QED) is 0.377. The number of hydrogen-bond acceptors (Lipinski definition) is 5. The first-order chi connectivity index (χ1) is 15.4. The van der Waals surface area contributed by atoms with Crippen molar-refractivity contribution in [1.29, 1.82) is 0 Å². The Morgan fingerprint density at radius 1 is 0.719 bits per heavy atom. The number of anilines is 2. The summed E-state index contributed by atoms with van der Waals surface area (Å²) in [6.07, 6.45) is 0. The summed E-state index contributed by atoms with van der Waals surface area (Å²) in [6, 6.07) is 24.9. The van der Waals surface area contributed by atoms with Crippen molar-refractivity contribution in [2.45, 2.75) is 4.90 Å². The monoisotopic (exact) mass is 462 g/mol. The normalized spacial score (nSPS) is 11.0. The van der Waals surface area contributed by atoms with Crippen LogP contribution in [0.2, 0.25) is 0 Å². The summed E-state index contributed by atoms with van der Waals surface area (Å²) in [5.41, 5.74) is 1.77. The summed E-state index contributed by atoms with van der Waals surface area (Å²) in [4.78, 5) is 25.6. The van der Waals surface area contributed by atoms with Crippen LogP contribution < -0.4 is 10.0 Å². The Morgan fingerprint density at radius 3 is 1.97 bits per heavy atom. The van der Waals surface area contributed by atoms with Gasteiger partial charge in [-0.15, -0.1) is 11.3 Å². The van der Waals surface area contributed by atoms with Gasteiger partial charge < -0.3 is 5.32 Å². The minimum absolute atomic E-state index is 0.108. The number of thiophene rings is 1. The highest BCUT2D eigenvalue weighted by Gasteiger charge is 2.20. The number of carbonyl (C=O) groups is 2. The first kappa shape index (κ1) is 21.5. The first-order valence-electron chi connectivity index (χ1n) is 9.60. The second kappa shape index (κ2) is 9.17. The third kappa shape index (κ3) is 4.77. The Bertz CT molecular complexity index is 1350. The molecule has 0 spiro atoms. The van der Waals surface area contributed by atoms with Crippen LogP contribution in [0.4, 0.5) is 11.4 Å². The minimum Gasteiger partial charge on any atom is -0.321 e. The number of amides is 1. The Balaban J connectivity index is 1.47. The molecule has 0 aliphatic rings. The summed E-state index contributed by atoms with van der Waals surface area (Å²) in [5.74, 6) is -0.563. The fraction of sp³-hybridized carbons (Fsp3) is 0. The molecule has 4 aromatic rings. The molecular weight excluding hydrogens is 444 g/mol. The molecular formula is C24H18N2O4S2. The van der Waals surface area contributed by atoms with Gasteiger partial charge in [-0.05, 0) is 47.8 Å². The summed E-state index contributed by atoms with van der Waals surface area (Å²) in [6.45, 7) is 0. The van der Waals surface area contributed by atoms with E-state index in [0.717, 1.165) is 11.3 Å². The van der Waals surface area contributed by atoms with Crippen LogP contribution in [0.25, 0.3) is 0 Å². The number of benzene rings is 3. The van der Waals surface area contributed by atoms with E-state index in [0.29, 0.717) is 16.8 Å². The van der Waals surface area contributed by atoms with Gasteiger partial charge in [0.25, 0.3) is 15.9 Å². The topological polar surface area (TPSA) is 92.3 Å². The average Bonchev–Trinajstić information content (AvgIpc) is 3.28. The van der Waals surface area contributed by atoms with E-state index < -0.39 is 15.9 Å². The van der Waals surface area contributed by atoms with Gasteiger partial charge in [0, 0.05) is 16.8 Å². The lowest BCUT2D eigenvalue weighted by Crippen LogP contribution is -2.17. The van der Waals surface area contributed by atoms with Crippen LogP contribution in [0.1, 0.15) is 25.6 Å². The van der Waals surface area contributed by atoms with Gasteiger partial charge in [0.15, 0.2) is 5.78 Å². The molecule has 0 aliphatic heterocycles. The van der Waals surface area contributed by atoms with E-state index in [1.54, 1.807) is 78.2 Å². The SMILES string of the molecule is O=C(c1ccccc1)c1ccc(NC(=O)c2sccc2NS(=O)(=O)c2ccccc2)cc1. The van der Waals surface area contributed by atoms with E-state index in [1.807, 2.05) is 6.07 Å². The fourth-order valence-electron chi connectivity index (χ4n) is 3.02. The predicted octanol–water partition coefficient (Wildman–Crippen LogP) is 5.03. The first-order valence-corrected chi connectivity index (χ1v) is 12.0. The molecule has 0 saturated heterocycles. The largest absolute Gasteiger partial charge is 0.321 e. The summed E-state index contributed by atoms with van der Waals surface area (Å²) < 4.78 is 27.6. The van der Waals surface area contributed by atoms with Gasteiger partial charge in [-0.25, -0.2) is 8.42 Å². The number of ketones is 1. The molecule has 0 fully saturated rings. The van der Waals surface area contributed by atoms with Gasteiger partial charge in [0.2, 0.25) is 0 Å². The van der Waals surface area contributed by atoms with Crippen molar-refractivity contribution >= 4 is 44.4 Å². The van der Waals surface area contributed by atoms with Crippen molar-refractivity contribution in [2.24, 2.45) is 0 Å². The van der Waals surface area contributed by atoms with Crippen LogP contribution in [0, 0.1) is 0 Å². The highest BCUT2D eigenvalue weighted by molar-refractivity contribution is 7.92. The van der Waals surface area contributed by atoms with Gasteiger partial charge >= 0.3 is 0 Å². The Kier molecular flexibility index (Phi) is 6.16. The molecule has 0 bridgehead atoms. The number of rotatable bonds is 7. The number of hydrogen-bond donors (Lipinski definition) is 2. The Hall–Kier alpha value is -3.75. The third-order valence-corrected chi connectivity index (χ3v) is 6.90. The molecule has 4 rings (SSSR count). The van der Waals surface area contributed by atoms with E-state index in [1.165, 1.54) is 12.1 Å². The second-order valence-electron chi connectivity index (χ2n) is 6.81. The van der Waals surface area contributed by atoms with Gasteiger partial charge in [-0.3, -0.25) is 14.3 Å². The second-order valence-corrected chi connectivity index (χ2v) is 9.41. The van der Waals surface area contributed by atoms with Crippen molar-refractivity contribution in [3.8, 4) is 0 Å². The van der Waals surface area contributed by atoms with E-state index in [2.05, 4.69) is 10.0 Å². The minimum atomic E-state index is -3.81. The highest BCUT2D eigenvalue weighted by Crippen LogP contribution is 2.26. The molecule has 32 heavy (non-hydrogen) atoms. The number of sulfonamides is 1. The zero-order valence-corrected chi connectivity index (χ0v) is 18.3. The van der Waals surface area contributed by atoms with Crippen molar-refractivity contribution in [1.82, 2.24) is 0 Å². The van der Waals surface area contributed by atoms with Crippen molar-refractivity contribution < 1.29 is 18.0 Å². The number of carbonyl (C=O) groups excluding carboxylic acids is 2. The molecule has 1 aromatic heterocycles. The lowest BCUT2D eigenvalue weighted by molar-refractivity contribution is 0.102. The molecule has 1 heterocycles. The molecule has 0 saturated carbocycles. The van der Waals surface area contributed by atoms with Gasteiger partial charge in [-0.2, -0.15) is 0 Å². The van der Waals surface area contributed by atoms with E-state index in [9.17, 15) is 18.0 Å². The molecule has 0 aliphatic carbocycles. The maximum absolute atomic E-state index is 12.8. The molecule has 160 valence electrons. The molecule has 0 atom stereocenters. The standard InChI is InChI=1S/C24H18N2O4S2/c27-22(17-7-3-1-4-8-17)18-11-13-19(14-12-18)25-24(28)23-21(15-16-31-23)26-32(29,30)20-9-5-2-6-10-20/h1-16,26H,(H,25,28). The van der Waals surface area contributed by atoms with Crippen LogP contribution in [0.3, 0.4) is 0 Å². The smallest absolute Gasteiger partial charge is 0.267 e. The maximum atomic E-state index is 12.8. The summed E-state index contributed by atoms with van der Waals surface area (Å²) >= 11 is 1.13. The molecule has 6 nitrogen and oxygen atoms in total. The zero-order valence-electron chi connectivity index (χ0n) is 16.7. The van der Waals surface area contributed by atoms with Crippen LogP contribution in [-0.4, -0.2) is 20.1 Å². The molecule has 2 N–H and O–H groups in total. The van der Waals surface area contributed by atoms with Crippen molar-refractivity contribution in [3.63, 3.8) is 0 Å². The maximum Gasteiger partial charge on any atom is 0.267 e. The van der Waals surface area contributed by atoms with Gasteiger partial charge in [0.1, 0.15) is 4.88 Å². The van der Waals surface area contributed by atoms with Crippen LogP contribution in [0.15, 0.2) is 101 Å². The fourth-order valence-corrected chi connectivity index (χ4v) is 4.92. The lowest BCUT2D eigenvalue weighted by atomic mass is 10.0. The number of nitrogens with one attached hydrogen (secondary N) is 2. The van der Waals surface area contributed by atoms with E-state index in [4.69, 9.17) is 0 Å². The predicted molar refractivity (Wildman–Crippen MR) is 126 cm³/mol. The van der Waals surface area contributed by atoms with Gasteiger partial charge in [0.05, 0.1) is 10.6 Å². The molecule has 8 heteroatoms. The average molecular weight is 463 g/mol. The summed E-state index contributed by atoms with van der Waals surface area (Å²) in [7, 11) is -3.81. The molecule has 0 unspecified atom stereocenters.